The van der Waals surface area contributed by atoms with Crippen molar-refractivity contribution in [3.63, 3.8) is 0 Å². The maximum atomic E-state index is 12.4. The molecule has 7 nitrogen and oxygen atoms in total. The van der Waals surface area contributed by atoms with E-state index < -0.39 is 0 Å². The van der Waals surface area contributed by atoms with Crippen LogP contribution in [-0.4, -0.2) is 29.3 Å². The number of hydrogen-bond acceptors (Lipinski definition) is 5. The number of carbonyl (C=O) groups is 3. The summed E-state index contributed by atoms with van der Waals surface area (Å²) in [5.74, 6) is -0.0769. The minimum absolute atomic E-state index is 0.0561. The summed E-state index contributed by atoms with van der Waals surface area (Å²) >= 11 is 1.36. The Kier molecular flexibility index (Phi) is 6.85. The van der Waals surface area contributed by atoms with E-state index in [2.05, 4.69) is 15.7 Å². The molecule has 33 heavy (non-hydrogen) atoms. The molecule has 0 aromatic heterocycles. The van der Waals surface area contributed by atoms with Gasteiger partial charge in [0.25, 0.3) is 11.8 Å². The molecule has 0 atom stereocenters. The predicted molar refractivity (Wildman–Crippen MR) is 130 cm³/mol. The van der Waals surface area contributed by atoms with Crippen molar-refractivity contribution < 1.29 is 14.4 Å². The number of rotatable bonds is 6. The highest BCUT2D eigenvalue weighted by Crippen LogP contribution is 2.22. The molecule has 0 saturated heterocycles. The van der Waals surface area contributed by atoms with Gasteiger partial charge in [-0.1, -0.05) is 36.4 Å². The van der Waals surface area contributed by atoms with Crippen LogP contribution in [0.1, 0.15) is 22.3 Å². The van der Waals surface area contributed by atoms with Crippen LogP contribution in [0.3, 0.4) is 0 Å². The Morgan fingerprint density at radius 2 is 1.64 bits per heavy atom. The van der Waals surface area contributed by atoms with Crippen LogP contribution >= 0.6 is 11.8 Å². The highest BCUT2D eigenvalue weighted by atomic mass is 32.2. The van der Waals surface area contributed by atoms with Gasteiger partial charge in [-0.3, -0.25) is 14.4 Å². The second-order valence-electron chi connectivity index (χ2n) is 7.39. The molecule has 4 rings (SSSR count). The summed E-state index contributed by atoms with van der Waals surface area (Å²) in [6.45, 7) is 1.89. The fourth-order valence-electron chi connectivity index (χ4n) is 3.28. The van der Waals surface area contributed by atoms with Gasteiger partial charge in [0.15, 0.2) is 0 Å². The molecular formula is C25H22N4O3S. The zero-order chi connectivity index (χ0) is 23.2. The van der Waals surface area contributed by atoms with Gasteiger partial charge in [0.1, 0.15) is 5.84 Å². The molecule has 8 heteroatoms. The Hall–Kier alpha value is -3.91. The van der Waals surface area contributed by atoms with E-state index in [9.17, 15) is 14.4 Å². The zero-order valence-electron chi connectivity index (χ0n) is 17.9. The fraction of sp³-hybridized carbons (Fsp3) is 0.120. The molecule has 1 heterocycles. The number of hydrogen-bond donors (Lipinski definition) is 2. The summed E-state index contributed by atoms with van der Waals surface area (Å²) < 4.78 is 0. The third-order valence-electron chi connectivity index (χ3n) is 4.93. The molecule has 1 aliphatic rings. The van der Waals surface area contributed by atoms with Gasteiger partial charge in [-0.15, -0.1) is 11.8 Å². The van der Waals surface area contributed by atoms with Crippen LogP contribution in [0.4, 0.5) is 11.4 Å². The summed E-state index contributed by atoms with van der Waals surface area (Å²) in [5, 5.41) is 11.1. The number of nitrogens with one attached hydrogen (secondary N) is 2. The van der Waals surface area contributed by atoms with E-state index in [-0.39, 0.29) is 29.9 Å². The number of hydrazone groups is 1. The molecule has 0 saturated carbocycles. The van der Waals surface area contributed by atoms with Crippen LogP contribution in [0.15, 0.2) is 88.9 Å². The van der Waals surface area contributed by atoms with E-state index in [1.807, 2.05) is 55.5 Å². The van der Waals surface area contributed by atoms with Crippen LogP contribution in [0.25, 0.3) is 0 Å². The van der Waals surface area contributed by atoms with Crippen molar-refractivity contribution in [3.8, 4) is 0 Å². The van der Waals surface area contributed by atoms with Gasteiger partial charge >= 0.3 is 0 Å². The first kappa shape index (κ1) is 22.3. The van der Waals surface area contributed by atoms with Gasteiger partial charge in [-0.25, -0.2) is 0 Å². The van der Waals surface area contributed by atoms with Crippen molar-refractivity contribution in [2.45, 2.75) is 18.2 Å². The molecule has 0 spiro atoms. The van der Waals surface area contributed by atoms with Gasteiger partial charge in [0.2, 0.25) is 5.91 Å². The number of benzene rings is 3. The lowest BCUT2D eigenvalue weighted by Gasteiger charge is -2.10. The van der Waals surface area contributed by atoms with E-state index >= 15 is 0 Å². The molecule has 3 aromatic carbocycles. The number of aryl methyl sites for hydroxylation is 1. The Balaban J connectivity index is 1.28. The Morgan fingerprint density at radius 1 is 0.939 bits per heavy atom. The Labute approximate surface area is 195 Å². The van der Waals surface area contributed by atoms with Crippen LogP contribution in [0.2, 0.25) is 0 Å². The highest BCUT2D eigenvalue weighted by molar-refractivity contribution is 8.00. The van der Waals surface area contributed by atoms with E-state index in [1.54, 1.807) is 30.3 Å². The molecule has 3 aromatic rings. The topological polar surface area (TPSA) is 90.9 Å². The third-order valence-corrected chi connectivity index (χ3v) is 5.94. The standard InChI is InChI=1S/C25H22N4O3S/c1-17-7-5-6-10-21(17)25(32)26-18-11-13-20(14-12-18)33-16-23(30)27-22-15-24(31)29(28-22)19-8-3-2-4-9-19/h2-14H,15-16H2,1H3,(H,26,32)(H,27,28,30). The smallest absolute Gasteiger partial charge is 0.255 e. The number of carbonyl (C=O) groups excluding carboxylic acids is 3. The van der Waals surface area contributed by atoms with Crippen molar-refractivity contribution >= 4 is 46.7 Å². The van der Waals surface area contributed by atoms with Crippen molar-refractivity contribution in [3.05, 3.63) is 90.0 Å². The third kappa shape index (κ3) is 5.67. The summed E-state index contributed by atoms with van der Waals surface area (Å²) in [6, 6.07) is 23.8. The lowest BCUT2D eigenvalue weighted by atomic mass is 10.1. The average Bonchev–Trinajstić information content (AvgIpc) is 3.19. The number of amidine groups is 1. The van der Waals surface area contributed by atoms with E-state index in [0.717, 1.165) is 10.5 Å². The molecular weight excluding hydrogens is 436 g/mol. The van der Waals surface area contributed by atoms with E-state index in [1.165, 1.54) is 16.8 Å². The molecule has 0 radical (unpaired) electrons. The molecule has 3 amide bonds. The van der Waals surface area contributed by atoms with Gasteiger partial charge < -0.3 is 10.6 Å². The molecule has 0 fully saturated rings. The van der Waals surface area contributed by atoms with Gasteiger partial charge in [0, 0.05) is 16.1 Å². The van der Waals surface area contributed by atoms with Crippen LogP contribution < -0.4 is 15.6 Å². The molecule has 166 valence electrons. The summed E-state index contributed by atoms with van der Waals surface area (Å²) in [6.07, 6.45) is 0.0561. The molecule has 0 bridgehead atoms. The van der Waals surface area contributed by atoms with Crippen LogP contribution in [-0.2, 0) is 9.59 Å². The minimum atomic E-state index is -0.238. The quantitative estimate of drug-likeness (QED) is 0.542. The van der Waals surface area contributed by atoms with Crippen LogP contribution in [0.5, 0.6) is 0 Å². The van der Waals surface area contributed by atoms with Crippen molar-refractivity contribution in [1.82, 2.24) is 5.32 Å². The second-order valence-corrected chi connectivity index (χ2v) is 8.44. The number of thioether (sulfide) groups is 1. The fourth-order valence-corrected chi connectivity index (χ4v) is 3.98. The Bertz CT molecular complexity index is 1210. The maximum Gasteiger partial charge on any atom is 0.255 e. The van der Waals surface area contributed by atoms with Crippen LogP contribution in [0, 0.1) is 6.92 Å². The summed E-state index contributed by atoms with van der Waals surface area (Å²) in [7, 11) is 0. The van der Waals surface area contributed by atoms with Gasteiger partial charge in [0.05, 0.1) is 17.9 Å². The van der Waals surface area contributed by atoms with Gasteiger partial charge in [-0.2, -0.15) is 10.1 Å². The van der Waals surface area contributed by atoms with Crippen molar-refractivity contribution in [2.24, 2.45) is 5.10 Å². The van der Waals surface area contributed by atoms with Gasteiger partial charge in [-0.05, 0) is 55.0 Å². The van der Waals surface area contributed by atoms with E-state index in [0.29, 0.717) is 22.8 Å². The normalized spacial score (nSPS) is 12.9. The van der Waals surface area contributed by atoms with Crippen molar-refractivity contribution in [1.29, 1.82) is 0 Å². The Morgan fingerprint density at radius 3 is 2.36 bits per heavy atom. The summed E-state index contributed by atoms with van der Waals surface area (Å²) in [5.41, 5.74) is 2.88. The predicted octanol–water partition coefficient (Wildman–Crippen LogP) is 4.21. The molecule has 2 N–H and O–H groups in total. The highest BCUT2D eigenvalue weighted by Gasteiger charge is 2.26. The van der Waals surface area contributed by atoms with E-state index in [4.69, 9.17) is 0 Å². The number of amides is 3. The number of para-hydroxylation sites is 1. The lowest BCUT2D eigenvalue weighted by Crippen LogP contribution is -2.31. The lowest BCUT2D eigenvalue weighted by molar-refractivity contribution is -0.117. The number of nitrogens with zero attached hydrogens (tertiary/aromatic N) is 2. The molecule has 0 aliphatic carbocycles. The second kappa shape index (κ2) is 10.1. The first-order valence-corrected chi connectivity index (χ1v) is 11.3. The largest absolute Gasteiger partial charge is 0.322 e. The average molecular weight is 459 g/mol. The molecule has 1 aliphatic heterocycles. The molecule has 0 unspecified atom stereocenters. The zero-order valence-corrected chi connectivity index (χ0v) is 18.8. The first-order chi connectivity index (χ1) is 16.0. The first-order valence-electron chi connectivity index (χ1n) is 10.3. The number of anilines is 2. The summed E-state index contributed by atoms with van der Waals surface area (Å²) in [4.78, 5) is 37.8. The SMILES string of the molecule is Cc1ccccc1C(=O)Nc1ccc(SCC(=O)NC2=NN(c3ccccc3)C(=O)C2)cc1. The van der Waals surface area contributed by atoms with Crippen molar-refractivity contribution in [2.75, 3.05) is 16.1 Å². The monoisotopic (exact) mass is 458 g/mol. The maximum absolute atomic E-state index is 12.4. The minimum Gasteiger partial charge on any atom is -0.322 e.